The predicted octanol–water partition coefficient (Wildman–Crippen LogP) is 3.80. The zero-order chi connectivity index (χ0) is 21.7. The summed E-state index contributed by atoms with van der Waals surface area (Å²) in [6.45, 7) is 0. The molecule has 7 nitrogen and oxygen atoms in total. The molecule has 2 saturated heterocycles. The fourth-order valence-corrected chi connectivity index (χ4v) is 4.33. The highest BCUT2D eigenvalue weighted by molar-refractivity contribution is 6.31. The van der Waals surface area contributed by atoms with Crippen LogP contribution in [0.25, 0.3) is 0 Å². The number of hydrogen-bond acceptors (Lipinski definition) is 6. The number of aromatic hydroxyl groups is 2. The van der Waals surface area contributed by atoms with Gasteiger partial charge in [-0.25, -0.2) is 9.96 Å². The molecule has 2 heterocycles. The number of rotatable bonds is 3. The number of halogens is 1. The predicted molar refractivity (Wildman–Crippen MR) is 114 cm³/mol. The van der Waals surface area contributed by atoms with Gasteiger partial charge in [0.2, 0.25) is 5.91 Å². The maximum Gasteiger partial charge on any atom is 0.266 e. The molecule has 0 bridgehead atoms. The van der Waals surface area contributed by atoms with Crippen molar-refractivity contribution < 1.29 is 24.6 Å². The Morgan fingerprint density at radius 3 is 2.26 bits per heavy atom. The monoisotopic (exact) mass is 436 g/mol. The molecule has 156 valence electrons. The minimum absolute atomic E-state index is 0.278. The van der Waals surface area contributed by atoms with Gasteiger partial charge in [-0.05, 0) is 48.0 Å². The van der Waals surface area contributed by atoms with Crippen LogP contribution in [0.5, 0.6) is 11.5 Å². The van der Waals surface area contributed by atoms with Gasteiger partial charge in [0.1, 0.15) is 5.92 Å². The number of nitrogens with zero attached hydrogens (tertiary/aromatic N) is 2. The lowest BCUT2D eigenvalue weighted by Gasteiger charge is -2.28. The molecule has 0 spiro atoms. The van der Waals surface area contributed by atoms with Gasteiger partial charge in [-0.1, -0.05) is 41.9 Å². The van der Waals surface area contributed by atoms with Crippen molar-refractivity contribution >= 4 is 34.8 Å². The average molecular weight is 437 g/mol. The number of imide groups is 1. The van der Waals surface area contributed by atoms with Crippen molar-refractivity contribution in [1.82, 2.24) is 0 Å². The smallest absolute Gasteiger partial charge is 0.266 e. The molecule has 3 aromatic carbocycles. The fraction of sp³-hybridized carbons (Fsp3) is 0.130. The molecule has 0 aromatic heterocycles. The third kappa shape index (κ3) is 3.10. The molecule has 2 aliphatic rings. The zero-order valence-electron chi connectivity index (χ0n) is 16.1. The number of anilines is 2. The number of phenols is 2. The molecule has 2 fully saturated rings. The Morgan fingerprint density at radius 2 is 1.55 bits per heavy atom. The van der Waals surface area contributed by atoms with Gasteiger partial charge in [-0.15, -0.1) is 0 Å². The molecule has 2 aliphatic heterocycles. The Labute approximate surface area is 182 Å². The minimum Gasteiger partial charge on any atom is -0.504 e. The third-order valence-electron chi connectivity index (χ3n) is 5.53. The lowest BCUT2D eigenvalue weighted by Crippen LogP contribution is -2.37. The van der Waals surface area contributed by atoms with Gasteiger partial charge in [0, 0.05) is 5.02 Å². The van der Waals surface area contributed by atoms with E-state index in [4.69, 9.17) is 16.4 Å². The van der Waals surface area contributed by atoms with Crippen LogP contribution in [0.1, 0.15) is 11.6 Å². The van der Waals surface area contributed by atoms with Crippen molar-refractivity contribution in [3.05, 3.63) is 83.4 Å². The highest BCUT2D eigenvalue weighted by Gasteiger charge is 2.60. The van der Waals surface area contributed by atoms with Crippen molar-refractivity contribution in [1.29, 1.82) is 0 Å². The third-order valence-corrected chi connectivity index (χ3v) is 5.77. The van der Waals surface area contributed by atoms with Gasteiger partial charge >= 0.3 is 0 Å². The van der Waals surface area contributed by atoms with Crippen molar-refractivity contribution in [2.24, 2.45) is 5.92 Å². The van der Waals surface area contributed by atoms with Gasteiger partial charge in [0.15, 0.2) is 17.6 Å². The summed E-state index contributed by atoms with van der Waals surface area (Å²) in [6, 6.07) is 19.2. The number of fused-ring (bicyclic) bond motifs is 1. The molecule has 0 radical (unpaired) electrons. The van der Waals surface area contributed by atoms with Gasteiger partial charge in [-0.3, -0.25) is 14.4 Å². The average Bonchev–Trinajstić information content (AvgIpc) is 3.27. The van der Waals surface area contributed by atoms with E-state index in [1.807, 2.05) is 18.2 Å². The number of hydrogen-bond donors (Lipinski definition) is 2. The van der Waals surface area contributed by atoms with Gasteiger partial charge in [-0.2, -0.15) is 0 Å². The molecule has 2 amide bonds. The van der Waals surface area contributed by atoms with Crippen LogP contribution in [0, 0.1) is 5.92 Å². The van der Waals surface area contributed by atoms with Crippen LogP contribution in [-0.4, -0.2) is 28.1 Å². The number of amides is 2. The number of carbonyl (C=O) groups is 2. The summed E-state index contributed by atoms with van der Waals surface area (Å²) in [4.78, 5) is 33.8. The standard InChI is InChI=1S/C23H17ClN2O5/c24-14-5-4-8-16(12-14)25-22(29)19-20(13-9-10-17(27)18(28)11-13)26(31-21(19)23(25)30)15-6-2-1-3-7-15/h1-12,19-21,27-28H/t19-,20+,21-/m1/s1. The lowest BCUT2D eigenvalue weighted by molar-refractivity contribution is -0.126. The van der Waals surface area contributed by atoms with Crippen molar-refractivity contribution in [3.8, 4) is 11.5 Å². The second kappa shape index (κ2) is 7.30. The summed E-state index contributed by atoms with van der Waals surface area (Å²) in [5, 5.41) is 21.7. The number of para-hydroxylation sites is 1. The largest absolute Gasteiger partial charge is 0.504 e. The SMILES string of the molecule is O=C1[C@H]2[C@@H](ON(c3ccccc3)[C@H]2c2ccc(O)c(O)c2)C(=O)N1c1cccc(Cl)c1. The van der Waals surface area contributed by atoms with E-state index < -0.39 is 29.9 Å². The molecule has 0 aliphatic carbocycles. The van der Waals surface area contributed by atoms with E-state index in [1.165, 1.54) is 17.2 Å². The van der Waals surface area contributed by atoms with Crippen molar-refractivity contribution in [3.63, 3.8) is 0 Å². The highest BCUT2D eigenvalue weighted by atomic mass is 35.5. The summed E-state index contributed by atoms with van der Waals surface area (Å²) in [5.41, 5.74) is 1.56. The molecule has 0 unspecified atom stereocenters. The topological polar surface area (TPSA) is 90.3 Å². The molecular formula is C23H17ClN2O5. The van der Waals surface area contributed by atoms with Gasteiger partial charge in [0.05, 0.1) is 17.4 Å². The van der Waals surface area contributed by atoms with Crippen LogP contribution < -0.4 is 9.96 Å². The van der Waals surface area contributed by atoms with E-state index in [0.717, 1.165) is 4.90 Å². The molecule has 3 atom stereocenters. The number of benzene rings is 3. The van der Waals surface area contributed by atoms with Gasteiger partial charge in [0.25, 0.3) is 5.91 Å². The maximum atomic E-state index is 13.5. The highest BCUT2D eigenvalue weighted by Crippen LogP contribution is 2.48. The first kappa shape index (κ1) is 19.4. The zero-order valence-corrected chi connectivity index (χ0v) is 16.8. The lowest BCUT2D eigenvalue weighted by atomic mass is 9.90. The fourth-order valence-electron chi connectivity index (χ4n) is 4.15. The van der Waals surface area contributed by atoms with E-state index in [0.29, 0.717) is 22.0 Å². The van der Waals surface area contributed by atoms with Crippen LogP contribution in [0.4, 0.5) is 11.4 Å². The first-order valence-electron chi connectivity index (χ1n) is 9.62. The second-order valence-corrected chi connectivity index (χ2v) is 7.83. The summed E-state index contributed by atoms with van der Waals surface area (Å²) < 4.78 is 0. The first-order valence-corrected chi connectivity index (χ1v) is 10.00. The van der Waals surface area contributed by atoms with E-state index in [9.17, 15) is 19.8 Å². The Morgan fingerprint density at radius 1 is 0.806 bits per heavy atom. The number of phenolic OH excluding ortho intramolecular Hbond substituents is 2. The first-order chi connectivity index (χ1) is 15.0. The van der Waals surface area contributed by atoms with E-state index in [1.54, 1.807) is 42.5 Å². The van der Waals surface area contributed by atoms with Crippen molar-refractivity contribution in [2.75, 3.05) is 9.96 Å². The molecule has 31 heavy (non-hydrogen) atoms. The summed E-state index contributed by atoms with van der Waals surface area (Å²) in [7, 11) is 0. The van der Waals surface area contributed by atoms with E-state index in [-0.39, 0.29) is 11.5 Å². The molecule has 8 heteroatoms. The summed E-state index contributed by atoms with van der Waals surface area (Å²) in [5.74, 6) is -2.36. The van der Waals surface area contributed by atoms with Crippen LogP contribution >= 0.6 is 11.6 Å². The van der Waals surface area contributed by atoms with Crippen LogP contribution in [-0.2, 0) is 14.4 Å². The second-order valence-electron chi connectivity index (χ2n) is 7.40. The summed E-state index contributed by atoms with van der Waals surface area (Å²) in [6.07, 6.45) is -1.03. The minimum atomic E-state index is -1.03. The van der Waals surface area contributed by atoms with Gasteiger partial charge < -0.3 is 10.2 Å². The Hall–Kier alpha value is -3.55. The van der Waals surface area contributed by atoms with Crippen LogP contribution in [0.2, 0.25) is 5.02 Å². The molecule has 5 rings (SSSR count). The Bertz CT molecular complexity index is 1190. The molecule has 0 saturated carbocycles. The van der Waals surface area contributed by atoms with E-state index >= 15 is 0 Å². The van der Waals surface area contributed by atoms with Crippen molar-refractivity contribution in [2.45, 2.75) is 12.1 Å². The molecular weight excluding hydrogens is 420 g/mol. The Kier molecular flexibility index (Phi) is 4.57. The van der Waals surface area contributed by atoms with Crippen LogP contribution in [0.15, 0.2) is 72.8 Å². The summed E-state index contributed by atoms with van der Waals surface area (Å²) >= 11 is 6.06. The number of hydroxylamine groups is 1. The Balaban J connectivity index is 1.61. The molecule has 2 N–H and O–H groups in total. The maximum absolute atomic E-state index is 13.5. The number of carbonyl (C=O) groups excluding carboxylic acids is 2. The normalized spacial score (nSPS) is 22.8. The molecule has 3 aromatic rings. The quantitative estimate of drug-likeness (QED) is 0.479. The van der Waals surface area contributed by atoms with E-state index in [2.05, 4.69) is 0 Å². The van der Waals surface area contributed by atoms with Crippen LogP contribution in [0.3, 0.4) is 0 Å².